The Balaban J connectivity index is 2.67. The Morgan fingerprint density at radius 3 is 2.17 bits per heavy atom. The largest absolute Gasteiger partial charge is 0.492 e. The maximum Gasteiger partial charge on any atom is 0.492 e. The maximum absolute atomic E-state index is 11.9. The standard InChI is InChI=1S/C9H14F3NO4S/c10-9(11,12)7(14)17-18(15,16)6-8(13)4-2-1-3-5-8/h1-6,13H2. The van der Waals surface area contributed by atoms with Gasteiger partial charge in [0.05, 0.1) is 0 Å². The molecule has 0 aromatic rings. The van der Waals surface area contributed by atoms with Crippen molar-refractivity contribution >= 4 is 16.1 Å². The SMILES string of the molecule is NC1(CS(=O)(=O)OC(=O)C(F)(F)F)CCCCC1. The van der Waals surface area contributed by atoms with Gasteiger partial charge >= 0.3 is 22.3 Å². The van der Waals surface area contributed by atoms with E-state index in [1.165, 1.54) is 0 Å². The molecule has 0 radical (unpaired) electrons. The Morgan fingerprint density at radius 1 is 1.22 bits per heavy atom. The molecule has 2 N–H and O–H groups in total. The number of halogens is 3. The normalized spacial score (nSPS) is 20.4. The van der Waals surface area contributed by atoms with E-state index in [0.29, 0.717) is 25.7 Å². The fourth-order valence-electron chi connectivity index (χ4n) is 1.94. The predicted molar refractivity (Wildman–Crippen MR) is 55.9 cm³/mol. The first-order chi connectivity index (χ1) is 8.04. The van der Waals surface area contributed by atoms with Crippen LogP contribution in [0.25, 0.3) is 0 Å². The van der Waals surface area contributed by atoms with Gasteiger partial charge in [-0.25, -0.2) is 4.79 Å². The summed E-state index contributed by atoms with van der Waals surface area (Å²) in [4.78, 5) is 10.5. The molecule has 18 heavy (non-hydrogen) atoms. The molecule has 0 aromatic carbocycles. The molecule has 0 heterocycles. The molecule has 1 aliphatic carbocycles. The van der Waals surface area contributed by atoms with Crippen LogP contribution in [0.2, 0.25) is 0 Å². The smallest absolute Gasteiger partial charge is 0.338 e. The molecule has 0 spiro atoms. The molecule has 0 aliphatic heterocycles. The Morgan fingerprint density at radius 2 is 1.72 bits per heavy atom. The van der Waals surface area contributed by atoms with Crippen molar-refractivity contribution in [1.82, 2.24) is 0 Å². The van der Waals surface area contributed by atoms with Crippen LogP contribution in [-0.4, -0.2) is 31.9 Å². The molecule has 1 rings (SSSR count). The van der Waals surface area contributed by atoms with Crippen molar-refractivity contribution < 1.29 is 30.6 Å². The highest BCUT2D eigenvalue weighted by atomic mass is 32.2. The van der Waals surface area contributed by atoms with Gasteiger partial charge in [0.2, 0.25) is 0 Å². The third kappa shape index (κ3) is 4.45. The van der Waals surface area contributed by atoms with Crippen molar-refractivity contribution in [2.24, 2.45) is 5.73 Å². The summed E-state index contributed by atoms with van der Waals surface area (Å²) in [5.74, 6) is -3.51. The van der Waals surface area contributed by atoms with Crippen molar-refractivity contribution in [3.8, 4) is 0 Å². The Labute approximate surface area is 103 Å². The zero-order valence-electron chi connectivity index (χ0n) is 9.50. The van der Waals surface area contributed by atoms with Crippen LogP contribution < -0.4 is 5.73 Å². The highest BCUT2D eigenvalue weighted by Gasteiger charge is 2.45. The lowest BCUT2D eigenvalue weighted by Gasteiger charge is -2.32. The molecule has 1 aliphatic rings. The molecule has 1 fully saturated rings. The average Bonchev–Trinajstić information content (AvgIpc) is 2.14. The molecule has 106 valence electrons. The third-order valence-corrected chi connectivity index (χ3v) is 4.08. The van der Waals surface area contributed by atoms with Crippen LogP contribution in [0.3, 0.4) is 0 Å². The van der Waals surface area contributed by atoms with E-state index < -0.39 is 33.6 Å². The van der Waals surface area contributed by atoms with Crippen molar-refractivity contribution in [2.45, 2.75) is 43.8 Å². The van der Waals surface area contributed by atoms with Crippen LogP contribution in [0, 0.1) is 0 Å². The van der Waals surface area contributed by atoms with E-state index in [1.807, 2.05) is 0 Å². The molecule has 0 aromatic heterocycles. The molecule has 5 nitrogen and oxygen atoms in total. The van der Waals surface area contributed by atoms with E-state index >= 15 is 0 Å². The lowest BCUT2D eigenvalue weighted by Crippen LogP contribution is -2.48. The van der Waals surface area contributed by atoms with Crippen molar-refractivity contribution in [2.75, 3.05) is 5.75 Å². The van der Waals surface area contributed by atoms with E-state index in [-0.39, 0.29) is 0 Å². The molecule has 0 unspecified atom stereocenters. The Bertz CT molecular complexity index is 412. The summed E-state index contributed by atoms with van der Waals surface area (Å²) in [6, 6.07) is 0. The summed E-state index contributed by atoms with van der Waals surface area (Å²) < 4.78 is 61.8. The summed E-state index contributed by atoms with van der Waals surface area (Å²) in [5.41, 5.74) is 4.67. The third-order valence-electron chi connectivity index (χ3n) is 2.75. The zero-order valence-corrected chi connectivity index (χ0v) is 10.3. The average molecular weight is 289 g/mol. The van der Waals surface area contributed by atoms with Gasteiger partial charge in [-0.2, -0.15) is 21.6 Å². The second-order valence-corrected chi connectivity index (χ2v) is 6.06. The number of carbonyl (C=O) groups is 1. The van der Waals surface area contributed by atoms with Gasteiger partial charge in [0.25, 0.3) is 0 Å². The van der Waals surface area contributed by atoms with Crippen LogP contribution in [-0.2, 0) is 19.1 Å². The lowest BCUT2D eigenvalue weighted by molar-refractivity contribution is -0.189. The second kappa shape index (κ2) is 5.04. The molecule has 1 saturated carbocycles. The van der Waals surface area contributed by atoms with Crippen molar-refractivity contribution in [3.05, 3.63) is 0 Å². The topological polar surface area (TPSA) is 86.5 Å². The maximum atomic E-state index is 11.9. The number of alkyl halides is 3. The number of hydrogen-bond acceptors (Lipinski definition) is 5. The first-order valence-corrected chi connectivity index (χ1v) is 6.94. The highest BCUT2D eigenvalue weighted by Crippen LogP contribution is 2.28. The number of hydrogen-bond donors (Lipinski definition) is 1. The summed E-state index contributed by atoms with van der Waals surface area (Å²) in [6.45, 7) is 0. The Kier molecular flexibility index (Phi) is 4.26. The predicted octanol–water partition coefficient (Wildman–Crippen LogP) is 1.08. The van der Waals surface area contributed by atoms with Crippen LogP contribution in [0.15, 0.2) is 0 Å². The van der Waals surface area contributed by atoms with Gasteiger partial charge in [-0.1, -0.05) is 19.3 Å². The van der Waals surface area contributed by atoms with E-state index in [0.717, 1.165) is 6.42 Å². The fourth-order valence-corrected chi connectivity index (χ4v) is 3.32. The Hall–Kier alpha value is -0.830. The van der Waals surface area contributed by atoms with Gasteiger partial charge in [-0.05, 0) is 12.8 Å². The van der Waals surface area contributed by atoms with E-state index in [1.54, 1.807) is 0 Å². The lowest BCUT2D eigenvalue weighted by atomic mass is 9.84. The van der Waals surface area contributed by atoms with E-state index in [9.17, 15) is 26.4 Å². The number of carbonyl (C=O) groups excluding carboxylic acids is 1. The van der Waals surface area contributed by atoms with Crippen LogP contribution in [0.4, 0.5) is 13.2 Å². The summed E-state index contributed by atoms with van der Waals surface area (Å²) in [5, 5.41) is 0. The van der Waals surface area contributed by atoms with E-state index in [4.69, 9.17) is 5.73 Å². The minimum absolute atomic E-state index is 0.385. The van der Waals surface area contributed by atoms with Crippen LogP contribution >= 0.6 is 0 Å². The van der Waals surface area contributed by atoms with Crippen LogP contribution in [0.1, 0.15) is 32.1 Å². The van der Waals surface area contributed by atoms with Gasteiger partial charge < -0.3 is 9.92 Å². The monoisotopic (exact) mass is 289 g/mol. The summed E-state index contributed by atoms with van der Waals surface area (Å²) >= 11 is 0. The molecule has 9 heteroatoms. The van der Waals surface area contributed by atoms with Gasteiger partial charge in [0.1, 0.15) is 5.75 Å². The molecule has 0 bridgehead atoms. The van der Waals surface area contributed by atoms with Crippen molar-refractivity contribution in [3.63, 3.8) is 0 Å². The fraction of sp³-hybridized carbons (Fsp3) is 0.889. The molecule has 0 saturated heterocycles. The summed E-state index contributed by atoms with van der Waals surface area (Å²) in [7, 11) is -4.62. The number of rotatable bonds is 3. The quantitative estimate of drug-likeness (QED) is 0.786. The molecular weight excluding hydrogens is 275 g/mol. The van der Waals surface area contributed by atoms with Gasteiger partial charge in [0.15, 0.2) is 0 Å². The molecule has 0 atom stereocenters. The van der Waals surface area contributed by atoms with E-state index in [2.05, 4.69) is 4.18 Å². The first-order valence-electron chi connectivity index (χ1n) is 5.36. The molecule has 0 amide bonds. The minimum Gasteiger partial charge on any atom is -0.338 e. The first kappa shape index (κ1) is 15.2. The van der Waals surface area contributed by atoms with Gasteiger partial charge in [0, 0.05) is 5.54 Å². The molecular formula is C9H14F3NO4S. The van der Waals surface area contributed by atoms with Crippen LogP contribution in [0.5, 0.6) is 0 Å². The highest BCUT2D eigenvalue weighted by molar-refractivity contribution is 7.87. The minimum atomic E-state index is -5.33. The number of nitrogens with two attached hydrogens (primary N) is 1. The second-order valence-electron chi connectivity index (χ2n) is 4.49. The van der Waals surface area contributed by atoms with Gasteiger partial charge in [-0.3, -0.25) is 0 Å². The zero-order chi connectivity index (χ0) is 14.0. The van der Waals surface area contributed by atoms with Gasteiger partial charge in [-0.15, -0.1) is 0 Å². The van der Waals surface area contributed by atoms with Crippen molar-refractivity contribution in [1.29, 1.82) is 0 Å². The summed E-state index contributed by atoms with van der Waals surface area (Å²) in [6.07, 6.45) is -2.24.